The predicted octanol–water partition coefficient (Wildman–Crippen LogP) is -1.35. The third-order valence-corrected chi connectivity index (χ3v) is 3.96. The van der Waals surface area contributed by atoms with E-state index in [1.807, 2.05) is 6.92 Å². The number of aliphatic hydroxyl groups excluding tert-OH is 1. The molecule has 0 aromatic rings. The molecule has 0 radical (unpaired) electrons. The average molecular weight is 260 g/mol. The molecular weight excluding hydrogens is 239 g/mol. The van der Waals surface area contributed by atoms with Gasteiger partial charge in [-0.3, -0.25) is 0 Å². The van der Waals surface area contributed by atoms with Crippen molar-refractivity contribution in [3.8, 4) is 0 Å². The molecule has 0 aliphatic rings. The van der Waals surface area contributed by atoms with Gasteiger partial charge in [0.2, 0.25) is 0 Å². The molecule has 2 unspecified atom stereocenters. The molecule has 16 heavy (non-hydrogen) atoms. The number of unbranched alkanes of at least 4 members (excludes halogenated alkanes) is 1. The minimum absolute atomic E-state index is 0. The Bertz CT molecular complexity index is 254. The standard InChI is InChI=1S/C10H22O4S.Na/c1-3-5-6-9(11)7-8-10(4-2)15(12,13)14;/h9-11H,3-8H2,1-2H3,(H,12,13,14);/q;+1/p-1. The summed E-state index contributed by atoms with van der Waals surface area (Å²) in [6, 6.07) is 0. The molecule has 0 fully saturated rings. The van der Waals surface area contributed by atoms with Gasteiger partial charge in [0.15, 0.2) is 0 Å². The quantitative estimate of drug-likeness (QED) is 0.432. The van der Waals surface area contributed by atoms with Crippen molar-refractivity contribution in [3.63, 3.8) is 0 Å². The monoisotopic (exact) mass is 260 g/mol. The first-order chi connectivity index (χ1) is 6.91. The summed E-state index contributed by atoms with van der Waals surface area (Å²) in [6.07, 6.45) is 3.16. The van der Waals surface area contributed by atoms with Crippen LogP contribution in [0.3, 0.4) is 0 Å². The van der Waals surface area contributed by atoms with E-state index in [1.165, 1.54) is 0 Å². The average Bonchev–Trinajstić information content (AvgIpc) is 2.13. The fourth-order valence-corrected chi connectivity index (χ4v) is 2.35. The largest absolute Gasteiger partial charge is 1.00 e. The van der Waals surface area contributed by atoms with Crippen LogP contribution < -0.4 is 29.6 Å². The summed E-state index contributed by atoms with van der Waals surface area (Å²) in [4.78, 5) is 0. The van der Waals surface area contributed by atoms with Crippen molar-refractivity contribution in [2.24, 2.45) is 0 Å². The van der Waals surface area contributed by atoms with Crippen LogP contribution in [0.25, 0.3) is 0 Å². The van der Waals surface area contributed by atoms with E-state index in [4.69, 9.17) is 0 Å². The molecule has 0 heterocycles. The minimum atomic E-state index is -4.19. The summed E-state index contributed by atoms with van der Waals surface area (Å²) in [7, 11) is -4.19. The van der Waals surface area contributed by atoms with Gasteiger partial charge in [0.1, 0.15) is 0 Å². The molecule has 0 rings (SSSR count). The van der Waals surface area contributed by atoms with Crippen molar-refractivity contribution in [1.82, 2.24) is 0 Å². The van der Waals surface area contributed by atoms with Gasteiger partial charge in [-0.25, -0.2) is 8.42 Å². The number of hydrogen-bond acceptors (Lipinski definition) is 4. The summed E-state index contributed by atoms with van der Waals surface area (Å²) in [5.41, 5.74) is 0. The normalized spacial score (nSPS) is 15.2. The molecule has 6 heteroatoms. The van der Waals surface area contributed by atoms with Gasteiger partial charge in [0.05, 0.1) is 16.2 Å². The summed E-state index contributed by atoms with van der Waals surface area (Å²) in [6.45, 7) is 3.71. The molecule has 2 atom stereocenters. The van der Waals surface area contributed by atoms with Gasteiger partial charge < -0.3 is 9.66 Å². The van der Waals surface area contributed by atoms with E-state index in [1.54, 1.807) is 6.92 Å². The van der Waals surface area contributed by atoms with Crippen LogP contribution in [-0.4, -0.2) is 29.4 Å². The predicted molar refractivity (Wildman–Crippen MR) is 58.5 cm³/mol. The van der Waals surface area contributed by atoms with Crippen LogP contribution in [0.5, 0.6) is 0 Å². The van der Waals surface area contributed by atoms with Gasteiger partial charge in [-0.15, -0.1) is 0 Å². The van der Waals surface area contributed by atoms with Gasteiger partial charge >= 0.3 is 29.6 Å². The van der Waals surface area contributed by atoms with E-state index < -0.39 is 21.5 Å². The Balaban J connectivity index is 0. The fraction of sp³-hybridized carbons (Fsp3) is 1.00. The Morgan fingerprint density at radius 3 is 2.12 bits per heavy atom. The molecule has 0 aliphatic heterocycles. The second-order valence-corrected chi connectivity index (χ2v) is 5.55. The molecule has 0 bridgehead atoms. The maximum Gasteiger partial charge on any atom is 1.00 e. The van der Waals surface area contributed by atoms with E-state index in [0.717, 1.165) is 12.8 Å². The van der Waals surface area contributed by atoms with Crippen LogP contribution >= 0.6 is 0 Å². The van der Waals surface area contributed by atoms with Crippen LogP contribution in [0.15, 0.2) is 0 Å². The smallest absolute Gasteiger partial charge is 0.748 e. The Kier molecular flexibility index (Phi) is 11.8. The zero-order chi connectivity index (χ0) is 11.9. The molecule has 0 aromatic heterocycles. The maximum absolute atomic E-state index is 10.8. The summed E-state index contributed by atoms with van der Waals surface area (Å²) >= 11 is 0. The molecule has 0 aliphatic carbocycles. The van der Waals surface area contributed by atoms with E-state index in [2.05, 4.69) is 0 Å². The van der Waals surface area contributed by atoms with Crippen LogP contribution in [-0.2, 0) is 10.1 Å². The van der Waals surface area contributed by atoms with Gasteiger partial charge in [0.25, 0.3) is 0 Å². The number of aliphatic hydroxyl groups is 1. The van der Waals surface area contributed by atoms with Crippen molar-refractivity contribution >= 4 is 10.1 Å². The molecule has 1 N–H and O–H groups in total. The second-order valence-electron chi connectivity index (χ2n) is 3.90. The summed E-state index contributed by atoms with van der Waals surface area (Å²) < 4.78 is 32.3. The van der Waals surface area contributed by atoms with Crippen LogP contribution in [0.1, 0.15) is 52.4 Å². The van der Waals surface area contributed by atoms with Crippen LogP contribution in [0.2, 0.25) is 0 Å². The first kappa shape index (κ1) is 19.2. The van der Waals surface area contributed by atoms with Crippen molar-refractivity contribution < 1.29 is 47.6 Å². The molecule has 0 spiro atoms. The second kappa shape index (κ2) is 9.85. The molecule has 0 aromatic carbocycles. The number of rotatable bonds is 8. The molecule has 92 valence electrons. The minimum Gasteiger partial charge on any atom is -0.748 e. The van der Waals surface area contributed by atoms with Gasteiger partial charge in [-0.1, -0.05) is 26.7 Å². The molecular formula is C10H21NaO4S. The zero-order valence-electron chi connectivity index (χ0n) is 10.5. The van der Waals surface area contributed by atoms with E-state index >= 15 is 0 Å². The van der Waals surface area contributed by atoms with Gasteiger partial charge in [0, 0.05) is 5.25 Å². The Labute approximate surface area is 121 Å². The van der Waals surface area contributed by atoms with E-state index in [-0.39, 0.29) is 36.0 Å². The Morgan fingerprint density at radius 1 is 1.19 bits per heavy atom. The molecule has 4 nitrogen and oxygen atoms in total. The summed E-state index contributed by atoms with van der Waals surface area (Å²) in [5.74, 6) is 0. The molecule has 0 saturated carbocycles. The SMILES string of the molecule is CCCCC(O)CCC(CC)S(=O)(=O)[O-].[Na+]. The Morgan fingerprint density at radius 2 is 1.75 bits per heavy atom. The van der Waals surface area contributed by atoms with E-state index in [9.17, 15) is 18.1 Å². The van der Waals surface area contributed by atoms with Crippen molar-refractivity contribution in [2.75, 3.05) is 0 Å². The van der Waals surface area contributed by atoms with Crippen molar-refractivity contribution in [3.05, 3.63) is 0 Å². The third kappa shape index (κ3) is 8.96. The molecule has 0 saturated heterocycles. The number of hydrogen-bond donors (Lipinski definition) is 1. The zero-order valence-corrected chi connectivity index (χ0v) is 13.3. The van der Waals surface area contributed by atoms with Crippen molar-refractivity contribution in [1.29, 1.82) is 0 Å². The van der Waals surface area contributed by atoms with Gasteiger partial charge in [-0.2, -0.15) is 0 Å². The topological polar surface area (TPSA) is 77.4 Å². The summed E-state index contributed by atoms with van der Waals surface area (Å²) in [5, 5.41) is 8.65. The first-order valence-corrected chi connectivity index (χ1v) is 7.01. The third-order valence-electron chi connectivity index (χ3n) is 2.58. The first-order valence-electron chi connectivity index (χ1n) is 5.54. The maximum atomic E-state index is 10.8. The Hall–Kier alpha value is 0.870. The molecule has 0 amide bonds. The van der Waals surface area contributed by atoms with Crippen molar-refractivity contribution in [2.45, 2.75) is 63.7 Å². The van der Waals surface area contributed by atoms with E-state index in [0.29, 0.717) is 19.3 Å². The van der Waals surface area contributed by atoms with Gasteiger partial charge in [-0.05, 0) is 25.7 Å². The van der Waals surface area contributed by atoms with Crippen LogP contribution in [0.4, 0.5) is 0 Å². The fourth-order valence-electron chi connectivity index (χ4n) is 1.51. The van der Waals surface area contributed by atoms with Crippen LogP contribution in [0, 0.1) is 0 Å².